The van der Waals surface area contributed by atoms with Crippen molar-refractivity contribution in [3.63, 3.8) is 0 Å². The monoisotopic (exact) mass is 253 g/mol. The van der Waals surface area contributed by atoms with Crippen LogP contribution in [0.25, 0.3) is 0 Å². The first kappa shape index (κ1) is 12.0. The van der Waals surface area contributed by atoms with E-state index in [1.165, 1.54) is 0 Å². The second kappa shape index (κ2) is 4.62. The number of hydrogen-bond acceptors (Lipinski definition) is 3. The highest BCUT2D eigenvalue weighted by Gasteiger charge is 2.26. The van der Waals surface area contributed by atoms with E-state index in [2.05, 4.69) is 15.3 Å². The highest BCUT2D eigenvalue weighted by atomic mass is 35.6. The molecule has 0 radical (unpaired) electrons. The predicted molar refractivity (Wildman–Crippen MR) is 58.8 cm³/mol. The Morgan fingerprint density at radius 1 is 1.43 bits per heavy atom. The van der Waals surface area contributed by atoms with Crippen molar-refractivity contribution in [1.29, 1.82) is 0 Å². The third-order valence-electron chi connectivity index (χ3n) is 1.70. The maximum absolute atomic E-state index is 5.65. The number of nitrogens with one attached hydrogen (secondary N) is 1. The standard InChI is InChI=1S/C8H10Cl3N3/c1-5-6(3-12-2)4-13-7(14-5)8(9,10)11/h4,12H,3H2,1-2H3. The summed E-state index contributed by atoms with van der Waals surface area (Å²) in [4.78, 5) is 8.10. The van der Waals surface area contributed by atoms with Crippen LogP contribution in [0.5, 0.6) is 0 Å². The molecule has 0 aromatic carbocycles. The molecule has 1 N–H and O–H groups in total. The number of halogens is 3. The lowest BCUT2D eigenvalue weighted by atomic mass is 10.2. The molecule has 3 nitrogen and oxygen atoms in total. The van der Waals surface area contributed by atoms with Crippen LogP contribution >= 0.6 is 34.8 Å². The third-order valence-corrected chi connectivity index (χ3v) is 2.21. The van der Waals surface area contributed by atoms with Gasteiger partial charge in [-0.25, -0.2) is 9.97 Å². The topological polar surface area (TPSA) is 37.8 Å². The molecule has 78 valence electrons. The first-order valence-corrected chi connectivity index (χ1v) is 5.13. The summed E-state index contributed by atoms with van der Waals surface area (Å²) < 4.78 is -1.55. The molecule has 0 spiro atoms. The van der Waals surface area contributed by atoms with Crippen LogP contribution in [0.4, 0.5) is 0 Å². The van der Waals surface area contributed by atoms with Gasteiger partial charge in [0.25, 0.3) is 0 Å². The van der Waals surface area contributed by atoms with E-state index in [-0.39, 0.29) is 5.82 Å². The summed E-state index contributed by atoms with van der Waals surface area (Å²) >= 11 is 17.0. The second-order valence-electron chi connectivity index (χ2n) is 2.83. The van der Waals surface area contributed by atoms with E-state index in [9.17, 15) is 0 Å². The molecule has 0 unspecified atom stereocenters. The predicted octanol–water partition coefficient (Wildman–Crippen LogP) is 2.33. The number of alkyl halides is 3. The van der Waals surface area contributed by atoms with Crippen molar-refractivity contribution in [1.82, 2.24) is 15.3 Å². The van der Waals surface area contributed by atoms with E-state index in [1.54, 1.807) is 6.20 Å². The molecular formula is C8H10Cl3N3. The lowest BCUT2D eigenvalue weighted by molar-refractivity contribution is 0.785. The molecule has 0 aliphatic heterocycles. The maximum Gasteiger partial charge on any atom is 0.250 e. The highest BCUT2D eigenvalue weighted by molar-refractivity contribution is 6.66. The van der Waals surface area contributed by atoms with Crippen LogP contribution in [0.3, 0.4) is 0 Å². The minimum Gasteiger partial charge on any atom is -0.316 e. The Balaban J connectivity index is 3.01. The number of nitrogens with zero attached hydrogens (tertiary/aromatic N) is 2. The van der Waals surface area contributed by atoms with Gasteiger partial charge >= 0.3 is 0 Å². The van der Waals surface area contributed by atoms with E-state index in [0.717, 1.165) is 11.3 Å². The molecule has 14 heavy (non-hydrogen) atoms. The molecule has 6 heteroatoms. The van der Waals surface area contributed by atoms with E-state index in [1.807, 2.05) is 14.0 Å². The van der Waals surface area contributed by atoms with E-state index < -0.39 is 3.79 Å². The summed E-state index contributed by atoms with van der Waals surface area (Å²) in [5, 5.41) is 3.00. The summed E-state index contributed by atoms with van der Waals surface area (Å²) in [5.74, 6) is 0.208. The van der Waals surface area contributed by atoms with Gasteiger partial charge in [0.15, 0.2) is 5.82 Å². The van der Waals surface area contributed by atoms with Gasteiger partial charge in [-0.15, -0.1) is 0 Å². The lowest BCUT2D eigenvalue weighted by Crippen LogP contribution is -2.13. The van der Waals surface area contributed by atoms with E-state index in [0.29, 0.717) is 6.54 Å². The fourth-order valence-electron chi connectivity index (χ4n) is 0.993. The van der Waals surface area contributed by atoms with E-state index in [4.69, 9.17) is 34.8 Å². The third kappa shape index (κ3) is 2.95. The average molecular weight is 255 g/mol. The minimum atomic E-state index is -1.55. The van der Waals surface area contributed by atoms with Gasteiger partial charge in [-0.3, -0.25) is 0 Å². The molecule has 0 saturated carbocycles. The van der Waals surface area contributed by atoms with Crippen LogP contribution in [-0.2, 0) is 10.3 Å². The van der Waals surface area contributed by atoms with Crippen LogP contribution in [0.15, 0.2) is 6.20 Å². The summed E-state index contributed by atoms with van der Waals surface area (Å²) in [6.45, 7) is 2.56. The Bertz CT molecular complexity index is 322. The Morgan fingerprint density at radius 2 is 2.07 bits per heavy atom. The van der Waals surface area contributed by atoms with Gasteiger partial charge in [-0.05, 0) is 14.0 Å². The smallest absolute Gasteiger partial charge is 0.250 e. The molecule has 1 aromatic rings. The van der Waals surface area contributed by atoms with Crippen LogP contribution in [0.1, 0.15) is 17.1 Å². The van der Waals surface area contributed by atoms with Crippen LogP contribution < -0.4 is 5.32 Å². The van der Waals surface area contributed by atoms with Crippen LogP contribution in [-0.4, -0.2) is 17.0 Å². The van der Waals surface area contributed by atoms with Gasteiger partial charge in [0.2, 0.25) is 3.79 Å². The van der Waals surface area contributed by atoms with Gasteiger partial charge in [0, 0.05) is 24.0 Å². The van der Waals surface area contributed by atoms with Crippen molar-refractivity contribution in [2.24, 2.45) is 0 Å². The SMILES string of the molecule is CNCc1cnc(C(Cl)(Cl)Cl)nc1C. The Labute approximate surface area is 97.8 Å². The van der Waals surface area contributed by atoms with Gasteiger partial charge in [0.1, 0.15) is 0 Å². The number of aromatic nitrogens is 2. The summed E-state index contributed by atoms with van der Waals surface area (Å²) in [6.07, 6.45) is 1.66. The first-order valence-electron chi connectivity index (χ1n) is 3.99. The van der Waals surface area contributed by atoms with Crippen molar-refractivity contribution in [3.05, 3.63) is 23.3 Å². The summed E-state index contributed by atoms with van der Waals surface area (Å²) in [7, 11) is 1.85. The molecule has 0 aliphatic carbocycles. The zero-order valence-corrected chi connectivity index (χ0v) is 10.1. The van der Waals surface area contributed by atoms with Crippen molar-refractivity contribution in [2.45, 2.75) is 17.3 Å². The van der Waals surface area contributed by atoms with Gasteiger partial charge in [-0.1, -0.05) is 34.8 Å². The Hall–Kier alpha value is -0.0900. The molecule has 0 bridgehead atoms. The zero-order valence-electron chi connectivity index (χ0n) is 7.81. The Morgan fingerprint density at radius 3 is 2.50 bits per heavy atom. The van der Waals surface area contributed by atoms with Crippen molar-refractivity contribution < 1.29 is 0 Å². The second-order valence-corrected chi connectivity index (χ2v) is 5.11. The fourth-order valence-corrected chi connectivity index (χ4v) is 1.27. The minimum absolute atomic E-state index is 0.208. The molecule has 1 rings (SSSR count). The van der Waals surface area contributed by atoms with Crippen molar-refractivity contribution in [3.8, 4) is 0 Å². The highest BCUT2D eigenvalue weighted by Crippen LogP contribution is 2.35. The van der Waals surface area contributed by atoms with Gasteiger partial charge in [0.05, 0.1) is 0 Å². The van der Waals surface area contributed by atoms with Gasteiger partial charge < -0.3 is 5.32 Å². The molecule has 0 amide bonds. The maximum atomic E-state index is 5.65. The number of rotatable bonds is 2. The first-order chi connectivity index (χ1) is 6.45. The summed E-state index contributed by atoms with van der Waals surface area (Å²) in [5.41, 5.74) is 1.81. The van der Waals surface area contributed by atoms with Crippen LogP contribution in [0, 0.1) is 6.92 Å². The van der Waals surface area contributed by atoms with Crippen molar-refractivity contribution in [2.75, 3.05) is 7.05 Å². The number of aryl methyl sites for hydroxylation is 1. The number of hydrogen-bond donors (Lipinski definition) is 1. The van der Waals surface area contributed by atoms with Crippen molar-refractivity contribution >= 4 is 34.8 Å². The fraction of sp³-hybridized carbons (Fsp3) is 0.500. The van der Waals surface area contributed by atoms with E-state index >= 15 is 0 Å². The van der Waals surface area contributed by atoms with Crippen LogP contribution in [0.2, 0.25) is 0 Å². The normalized spacial score (nSPS) is 11.8. The molecule has 0 fully saturated rings. The quantitative estimate of drug-likeness (QED) is 0.823. The average Bonchev–Trinajstić information content (AvgIpc) is 2.07. The lowest BCUT2D eigenvalue weighted by Gasteiger charge is -2.11. The summed E-state index contributed by atoms with van der Waals surface area (Å²) in [6, 6.07) is 0. The largest absolute Gasteiger partial charge is 0.316 e. The molecular weight excluding hydrogens is 244 g/mol. The Kier molecular flexibility index (Phi) is 3.95. The molecule has 1 aromatic heterocycles. The molecule has 0 atom stereocenters. The zero-order chi connectivity index (χ0) is 10.8. The molecule has 0 saturated heterocycles. The molecule has 0 aliphatic rings. The molecule has 1 heterocycles. The van der Waals surface area contributed by atoms with Gasteiger partial charge in [-0.2, -0.15) is 0 Å².